The van der Waals surface area contributed by atoms with Gasteiger partial charge in [-0.3, -0.25) is 4.57 Å². The van der Waals surface area contributed by atoms with Gasteiger partial charge in [-0.05, 0) is 54.6 Å². The lowest BCUT2D eigenvalue weighted by Crippen LogP contribution is -1.96. The van der Waals surface area contributed by atoms with Crippen molar-refractivity contribution < 1.29 is 0 Å². The van der Waals surface area contributed by atoms with E-state index in [1.807, 2.05) is 17.5 Å². The molecular weight excluding hydrogens is 653 g/mol. The Kier molecular flexibility index (Phi) is 5.62. The van der Waals surface area contributed by atoms with Crippen molar-refractivity contribution in [1.82, 2.24) is 18.7 Å². The van der Waals surface area contributed by atoms with Crippen molar-refractivity contribution in [2.45, 2.75) is 0 Å². The second-order valence-electron chi connectivity index (χ2n) is 13.5. The first kappa shape index (κ1) is 28.1. The Balaban J connectivity index is 1.38. The Morgan fingerprint density at radius 1 is 0.346 bits per heavy atom. The zero-order valence-corrected chi connectivity index (χ0v) is 28.7. The minimum Gasteiger partial charge on any atom is -0.309 e. The topological polar surface area (TPSA) is 27.7 Å². The number of thiophene rings is 1. The van der Waals surface area contributed by atoms with Crippen molar-refractivity contribution in [3.8, 4) is 17.2 Å². The van der Waals surface area contributed by atoms with Gasteiger partial charge in [0.2, 0.25) is 0 Å². The molecule has 12 aromatic rings. The number of benzene rings is 7. The summed E-state index contributed by atoms with van der Waals surface area (Å²) in [5.74, 6) is 0.964. The van der Waals surface area contributed by atoms with Gasteiger partial charge in [0.05, 0.1) is 42.5 Å². The predicted molar refractivity (Wildman–Crippen MR) is 220 cm³/mol. The van der Waals surface area contributed by atoms with Gasteiger partial charge in [0, 0.05) is 60.7 Å². The third kappa shape index (κ3) is 3.57. The summed E-state index contributed by atoms with van der Waals surface area (Å²) in [6.45, 7) is 0. The molecule has 0 N–H and O–H groups in total. The van der Waals surface area contributed by atoms with Crippen LogP contribution in [0.5, 0.6) is 0 Å². The Hall–Kier alpha value is -6.69. The lowest BCUT2D eigenvalue weighted by atomic mass is 10.0. The largest absolute Gasteiger partial charge is 0.309 e. The van der Waals surface area contributed by atoms with E-state index in [2.05, 4.69) is 177 Å². The van der Waals surface area contributed by atoms with Gasteiger partial charge >= 0.3 is 0 Å². The van der Waals surface area contributed by atoms with Crippen LogP contribution in [0.2, 0.25) is 0 Å². The van der Waals surface area contributed by atoms with Crippen LogP contribution in [0.25, 0.3) is 103 Å². The highest BCUT2D eigenvalue weighted by atomic mass is 32.1. The third-order valence-corrected chi connectivity index (χ3v) is 12.1. The molecular formula is C47H28N4S. The van der Waals surface area contributed by atoms with E-state index in [9.17, 15) is 0 Å². The molecule has 0 radical (unpaired) electrons. The number of hydrogen-bond donors (Lipinski definition) is 0. The summed E-state index contributed by atoms with van der Waals surface area (Å²) >= 11 is 1.87. The molecule has 4 nitrogen and oxygen atoms in total. The van der Waals surface area contributed by atoms with Crippen molar-refractivity contribution >= 4 is 96.9 Å². The zero-order valence-electron chi connectivity index (χ0n) is 27.9. The van der Waals surface area contributed by atoms with Gasteiger partial charge in [0.1, 0.15) is 0 Å². The van der Waals surface area contributed by atoms with E-state index in [0.29, 0.717) is 0 Å². The molecule has 0 fully saturated rings. The minimum absolute atomic E-state index is 0.964. The molecule has 0 aliphatic carbocycles. The number of rotatable bonds is 3. The molecule has 0 bridgehead atoms. The number of nitrogens with zero attached hydrogens (tertiary/aromatic N) is 4. The van der Waals surface area contributed by atoms with Crippen LogP contribution in [0.15, 0.2) is 170 Å². The van der Waals surface area contributed by atoms with Crippen LogP contribution >= 0.6 is 11.3 Å². The molecule has 0 atom stereocenters. The smallest absolute Gasteiger partial charge is 0.155 e. The summed E-state index contributed by atoms with van der Waals surface area (Å²) in [6.07, 6.45) is 2.01. The third-order valence-electron chi connectivity index (χ3n) is 10.9. The molecule has 0 aliphatic heterocycles. The molecule has 5 heteroatoms. The van der Waals surface area contributed by atoms with Gasteiger partial charge in [-0.25, -0.2) is 4.98 Å². The standard InChI is InChI=1S/C47H28N4S/c1-3-15-29(16-4-1)49-38-25-13-9-21-33(38)40-41-35-27-28-48-47(51-36-23-11-7-19-31(36)32-20-8-12-24-37(32)51)45(35)52-46(41)44-42(43(40)49)34-22-10-14-26-39(34)50(44)30-17-5-2-6-18-30/h1-28H. The van der Waals surface area contributed by atoms with Gasteiger partial charge in [-0.15, -0.1) is 11.3 Å². The molecule has 12 rings (SSSR count). The van der Waals surface area contributed by atoms with Crippen molar-refractivity contribution in [2.75, 3.05) is 0 Å². The molecule has 0 unspecified atom stereocenters. The van der Waals surface area contributed by atoms with E-state index < -0.39 is 0 Å². The molecule has 52 heavy (non-hydrogen) atoms. The lowest BCUT2D eigenvalue weighted by molar-refractivity contribution is 1.11. The van der Waals surface area contributed by atoms with Crippen LogP contribution in [0.4, 0.5) is 0 Å². The molecule has 0 aliphatic rings. The van der Waals surface area contributed by atoms with E-state index in [1.54, 1.807) is 0 Å². The monoisotopic (exact) mass is 680 g/mol. The number of hydrogen-bond acceptors (Lipinski definition) is 2. The van der Waals surface area contributed by atoms with Crippen LogP contribution in [0, 0.1) is 0 Å². The number of para-hydroxylation sites is 6. The molecule has 0 spiro atoms. The average molecular weight is 681 g/mol. The average Bonchev–Trinajstić information content (AvgIpc) is 3.95. The van der Waals surface area contributed by atoms with Crippen LogP contribution < -0.4 is 0 Å². The quantitative estimate of drug-likeness (QED) is 0.182. The number of aromatic nitrogens is 4. The van der Waals surface area contributed by atoms with Crippen molar-refractivity contribution in [3.05, 3.63) is 170 Å². The maximum absolute atomic E-state index is 5.20. The fourth-order valence-corrected chi connectivity index (χ4v) is 10.2. The summed E-state index contributed by atoms with van der Waals surface area (Å²) in [6, 6.07) is 59.2. The van der Waals surface area contributed by atoms with Crippen molar-refractivity contribution in [3.63, 3.8) is 0 Å². The van der Waals surface area contributed by atoms with Crippen LogP contribution in [-0.2, 0) is 0 Å². The van der Waals surface area contributed by atoms with Gasteiger partial charge in [-0.1, -0.05) is 109 Å². The summed E-state index contributed by atoms with van der Waals surface area (Å²) in [5.41, 5.74) is 9.48. The van der Waals surface area contributed by atoms with Crippen LogP contribution in [0.1, 0.15) is 0 Å². The van der Waals surface area contributed by atoms with E-state index >= 15 is 0 Å². The Morgan fingerprint density at radius 2 is 0.808 bits per heavy atom. The first-order valence-corrected chi connectivity index (χ1v) is 18.5. The highest BCUT2D eigenvalue weighted by Gasteiger charge is 2.28. The molecule has 5 aromatic heterocycles. The maximum Gasteiger partial charge on any atom is 0.155 e. The SMILES string of the molecule is c1ccc(-n2c3ccccc3c3c2c2sc4c(-n5c6ccccc6c6ccccc65)nccc4c2c2c4ccccc4n(-c4ccccc4)c23)cc1. The van der Waals surface area contributed by atoms with Gasteiger partial charge in [0.25, 0.3) is 0 Å². The highest BCUT2D eigenvalue weighted by Crippen LogP contribution is 2.52. The molecule has 5 heterocycles. The molecule has 7 aromatic carbocycles. The summed E-state index contributed by atoms with van der Waals surface area (Å²) in [7, 11) is 0. The summed E-state index contributed by atoms with van der Waals surface area (Å²) in [5, 5.41) is 10.0. The lowest BCUT2D eigenvalue weighted by Gasteiger charge is -2.11. The Morgan fingerprint density at radius 3 is 1.38 bits per heavy atom. The van der Waals surface area contributed by atoms with E-state index in [4.69, 9.17) is 4.98 Å². The van der Waals surface area contributed by atoms with Crippen LogP contribution in [-0.4, -0.2) is 18.7 Å². The summed E-state index contributed by atoms with van der Waals surface area (Å²) in [4.78, 5) is 5.20. The zero-order chi connectivity index (χ0) is 33.9. The fourth-order valence-electron chi connectivity index (χ4n) is 8.85. The predicted octanol–water partition coefficient (Wildman–Crippen LogP) is 12.7. The van der Waals surface area contributed by atoms with E-state index in [0.717, 1.165) is 28.2 Å². The van der Waals surface area contributed by atoms with Crippen molar-refractivity contribution in [1.29, 1.82) is 0 Å². The van der Waals surface area contributed by atoms with Gasteiger partial charge in [0.15, 0.2) is 5.82 Å². The highest BCUT2D eigenvalue weighted by molar-refractivity contribution is 7.27. The second-order valence-corrected chi connectivity index (χ2v) is 14.5. The first-order valence-electron chi connectivity index (χ1n) is 17.7. The van der Waals surface area contributed by atoms with Gasteiger partial charge in [-0.2, -0.15) is 0 Å². The summed E-state index contributed by atoms with van der Waals surface area (Å²) < 4.78 is 9.80. The number of pyridine rings is 1. The van der Waals surface area contributed by atoms with Crippen LogP contribution in [0.3, 0.4) is 0 Å². The van der Waals surface area contributed by atoms with E-state index in [-0.39, 0.29) is 0 Å². The first-order chi connectivity index (χ1) is 25.9. The second kappa shape index (κ2) is 10.4. The maximum atomic E-state index is 5.20. The molecule has 0 amide bonds. The van der Waals surface area contributed by atoms with Gasteiger partial charge < -0.3 is 9.13 Å². The Labute approximate surface area is 301 Å². The Bertz CT molecular complexity index is 3350. The molecule has 0 saturated carbocycles. The van der Waals surface area contributed by atoms with E-state index in [1.165, 1.54) is 74.6 Å². The minimum atomic E-state index is 0.964. The molecule has 0 saturated heterocycles. The van der Waals surface area contributed by atoms with Crippen molar-refractivity contribution in [2.24, 2.45) is 0 Å². The fraction of sp³-hybridized carbons (Fsp3) is 0. The normalized spacial score (nSPS) is 12.2. The molecule has 242 valence electrons. The number of fused-ring (bicyclic) bond motifs is 15.